The Hall–Kier alpha value is -1.56. The second kappa shape index (κ2) is 5.44. The minimum absolute atomic E-state index is 0.0911. The van der Waals surface area contributed by atoms with Gasteiger partial charge >= 0.3 is 6.18 Å². The van der Waals surface area contributed by atoms with Crippen LogP contribution < -0.4 is 5.73 Å². The minimum Gasteiger partial charge on any atom is -0.340 e. The van der Waals surface area contributed by atoms with Crippen LogP contribution in [0.25, 0.3) is 0 Å². The van der Waals surface area contributed by atoms with Crippen LogP contribution in [0.1, 0.15) is 23.6 Å². The molecule has 1 amide bonds. The zero-order valence-electron chi connectivity index (χ0n) is 12.0. The summed E-state index contributed by atoms with van der Waals surface area (Å²) in [7, 11) is 1.32. The van der Waals surface area contributed by atoms with Crippen molar-refractivity contribution in [3.8, 4) is 0 Å². The van der Waals surface area contributed by atoms with Gasteiger partial charge < -0.3 is 10.6 Å². The summed E-state index contributed by atoms with van der Waals surface area (Å²) in [6.45, 7) is 4.56. The molecule has 20 heavy (non-hydrogen) atoms. The summed E-state index contributed by atoms with van der Waals surface area (Å²) in [6.07, 6.45) is -4.78. The Labute approximate surface area is 116 Å². The Morgan fingerprint density at radius 1 is 1.30 bits per heavy atom. The number of aryl methyl sites for hydroxylation is 2. The van der Waals surface area contributed by atoms with Gasteiger partial charge in [-0.1, -0.05) is 23.8 Å². The maximum Gasteiger partial charge on any atom is 0.415 e. The number of carbonyl (C=O) groups is 1. The first-order valence-corrected chi connectivity index (χ1v) is 6.14. The highest BCUT2D eigenvalue weighted by molar-refractivity contribution is 5.86. The van der Waals surface area contributed by atoms with E-state index in [4.69, 9.17) is 5.73 Å². The smallest absolute Gasteiger partial charge is 0.340 e. The molecule has 0 aliphatic carbocycles. The Morgan fingerprint density at radius 3 is 2.30 bits per heavy atom. The first-order valence-electron chi connectivity index (χ1n) is 6.14. The van der Waals surface area contributed by atoms with E-state index in [-0.39, 0.29) is 6.54 Å². The molecule has 0 aliphatic rings. The minimum atomic E-state index is -4.78. The van der Waals surface area contributed by atoms with Crippen molar-refractivity contribution in [3.05, 3.63) is 34.9 Å². The Kier molecular flexibility index (Phi) is 4.49. The molecule has 1 unspecified atom stereocenters. The second-order valence-electron chi connectivity index (χ2n) is 5.29. The van der Waals surface area contributed by atoms with Gasteiger partial charge in [0.05, 0.1) is 0 Å². The largest absolute Gasteiger partial charge is 0.415 e. The molecule has 0 aromatic heterocycles. The van der Waals surface area contributed by atoms with Crippen LogP contribution in [0.2, 0.25) is 0 Å². The van der Waals surface area contributed by atoms with Crippen LogP contribution in [0.3, 0.4) is 0 Å². The zero-order chi connectivity index (χ0) is 15.7. The van der Waals surface area contributed by atoms with E-state index in [0.717, 1.165) is 21.6 Å². The number of nitrogens with zero attached hydrogens (tertiary/aromatic N) is 1. The molecule has 1 aromatic rings. The van der Waals surface area contributed by atoms with Gasteiger partial charge in [-0.05, 0) is 31.9 Å². The highest BCUT2D eigenvalue weighted by atomic mass is 19.4. The maximum atomic E-state index is 12.7. The summed E-state index contributed by atoms with van der Waals surface area (Å²) < 4.78 is 38.2. The number of alkyl halides is 3. The molecule has 0 bridgehead atoms. The molecular formula is C14H19F3N2O. The number of hydrogen-bond acceptors (Lipinski definition) is 2. The van der Waals surface area contributed by atoms with Gasteiger partial charge in [0.15, 0.2) is 5.54 Å². The van der Waals surface area contributed by atoms with E-state index in [0.29, 0.717) is 6.92 Å². The number of hydrogen-bond donors (Lipinski definition) is 1. The van der Waals surface area contributed by atoms with E-state index in [9.17, 15) is 18.0 Å². The predicted molar refractivity (Wildman–Crippen MR) is 71.0 cm³/mol. The molecule has 0 spiro atoms. The molecule has 6 heteroatoms. The van der Waals surface area contributed by atoms with Crippen molar-refractivity contribution in [2.75, 3.05) is 7.05 Å². The van der Waals surface area contributed by atoms with E-state index in [1.807, 2.05) is 26.0 Å². The van der Waals surface area contributed by atoms with Crippen LogP contribution in [-0.2, 0) is 11.3 Å². The Bertz CT molecular complexity index is 510. The number of halogens is 3. The topological polar surface area (TPSA) is 46.3 Å². The first kappa shape index (κ1) is 16.5. The molecule has 1 aromatic carbocycles. The van der Waals surface area contributed by atoms with Crippen molar-refractivity contribution < 1.29 is 18.0 Å². The van der Waals surface area contributed by atoms with Crippen LogP contribution in [0.4, 0.5) is 13.2 Å². The molecule has 0 heterocycles. The Balaban J connectivity index is 2.91. The van der Waals surface area contributed by atoms with Gasteiger partial charge in [-0.25, -0.2) is 0 Å². The van der Waals surface area contributed by atoms with Crippen LogP contribution in [0.5, 0.6) is 0 Å². The van der Waals surface area contributed by atoms with Gasteiger partial charge in [0.25, 0.3) is 5.91 Å². The van der Waals surface area contributed by atoms with E-state index < -0.39 is 17.6 Å². The average Bonchev–Trinajstić information content (AvgIpc) is 2.30. The molecule has 0 aliphatic heterocycles. The lowest BCUT2D eigenvalue weighted by Crippen LogP contribution is -2.61. The quantitative estimate of drug-likeness (QED) is 0.929. The van der Waals surface area contributed by atoms with Crippen molar-refractivity contribution in [1.29, 1.82) is 0 Å². The number of rotatable bonds is 3. The third-order valence-electron chi connectivity index (χ3n) is 3.29. The highest BCUT2D eigenvalue weighted by Crippen LogP contribution is 2.29. The fourth-order valence-corrected chi connectivity index (χ4v) is 1.87. The van der Waals surface area contributed by atoms with E-state index in [1.165, 1.54) is 7.05 Å². The summed E-state index contributed by atoms with van der Waals surface area (Å²) in [4.78, 5) is 12.9. The summed E-state index contributed by atoms with van der Waals surface area (Å²) in [6, 6.07) is 5.57. The number of benzene rings is 1. The van der Waals surface area contributed by atoms with Gasteiger partial charge in [-0.15, -0.1) is 0 Å². The van der Waals surface area contributed by atoms with Gasteiger partial charge in [0.2, 0.25) is 0 Å². The van der Waals surface area contributed by atoms with E-state index in [2.05, 4.69) is 0 Å². The van der Waals surface area contributed by atoms with Crippen molar-refractivity contribution in [2.45, 2.75) is 39.0 Å². The number of nitrogens with two attached hydrogens (primary N) is 1. The molecule has 2 N–H and O–H groups in total. The SMILES string of the molecule is Cc1ccc(CN(C)C(=O)C(C)(N)C(F)(F)F)c(C)c1. The molecule has 0 radical (unpaired) electrons. The van der Waals surface area contributed by atoms with Crippen LogP contribution in [0.15, 0.2) is 18.2 Å². The molecule has 1 atom stereocenters. The fourth-order valence-electron chi connectivity index (χ4n) is 1.87. The lowest BCUT2D eigenvalue weighted by atomic mass is 10.00. The number of amides is 1. The fraction of sp³-hybridized carbons (Fsp3) is 0.500. The normalized spacial score (nSPS) is 14.8. The molecule has 1 rings (SSSR count). The van der Waals surface area contributed by atoms with Gasteiger partial charge in [-0.3, -0.25) is 4.79 Å². The highest BCUT2D eigenvalue weighted by Gasteiger charge is 2.54. The number of carbonyl (C=O) groups excluding carboxylic acids is 1. The summed E-state index contributed by atoms with van der Waals surface area (Å²) in [5.41, 5.74) is 5.04. The first-order chi connectivity index (χ1) is 8.96. The van der Waals surface area contributed by atoms with Crippen molar-refractivity contribution >= 4 is 5.91 Å². The van der Waals surface area contributed by atoms with Crippen LogP contribution in [0, 0.1) is 13.8 Å². The van der Waals surface area contributed by atoms with Gasteiger partial charge in [0, 0.05) is 13.6 Å². The zero-order valence-corrected chi connectivity index (χ0v) is 12.0. The third kappa shape index (κ3) is 3.30. The molecule has 112 valence electrons. The third-order valence-corrected chi connectivity index (χ3v) is 3.29. The Morgan fingerprint density at radius 2 is 1.85 bits per heavy atom. The number of likely N-dealkylation sites (N-methyl/N-ethyl adjacent to an activating group) is 1. The molecule has 0 fully saturated rings. The van der Waals surface area contributed by atoms with Crippen molar-refractivity contribution in [3.63, 3.8) is 0 Å². The molecule has 0 saturated carbocycles. The van der Waals surface area contributed by atoms with E-state index >= 15 is 0 Å². The van der Waals surface area contributed by atoms with Crippen molar-refractivity contribution in [1.82, 2.24) is 4.90 Å². The summed E-state index contributed by atoms with van der Waals surface area (Å²) in [5, 5.41) is 0. The monoisotopic (exact) mass is 288 g/mol. The lowest BCUT2D eigenvalue weighted by Gasteiger charge is -2.31. The molecule has 3 nitrogen and oxygen atoms in total. The predicted octanol–water partition coefficient (Wildman–Crippen LogP) is 2.54. The standard InChI is InChI=1S/C14H19F3N2O/c1-9-5-6-11(10(2)7-9)8-19(4)12(20)13(3,18)14(15,16)17/h5-7H,8,18H2,1-4H3. The summed E-state index contributed by atoms with van der Waals surface area (Å²) in [5.74, 6) is -1.15. The maximum absolute atomic E-state index is 12.7. The van der Waals surface area contributed by atoms with Crippen LogP contribution >= 0.6 is 0 Å². The van der Waals surface area contributed by atoms with Gasteiger partial charge in [-0.2, -0.15) is 13.2 Å². The lowest BCUT2D eigenvalue weighted by molar-refractivity contribution is -0.193. The van der Waals surface area contributed by atoms with Crippen molar-refractivity contribution in [2.24, 2.45) is 5.73 Å². The summed E-state index contributed by atoms with van der Waals surface area (Å²) >= 11 is 0. The van der Waals surface area contributed by atoms with Crippen LogP contribution in [-0.4, -0.2) is 29.6 Å². The molecular weight excluding hydrogens is 269 g/mol. The second-order valence-corrected chi connectivity index (χ2v) is 5.29. The molecule has 0 saturated heterocycles. The average molecular weight is 288 g/mol. The van der Waals surface area contributed by atoms with E-state index in [1.54, 1.807) is 6.07 Å². The van der Waals surface area contributed by atoms with Gasteiger partial charge in [0.1, 0.15) is 0 Å².